The van der Waals surface area contributed by atoms with Crippen molar-refractivity contribution in [2.24, 2.45) is 17.7 Å². The fourth-order valence-electron chi connectivity index (χ4n) is 3.53. The van der Waals surface area contributed by atoms with E-state index in [1.807, 2.05) is 7.11 Å². The van der Waals surface area contributed by atoms with Crippen LogP contribution in [0.4, 0.5) is 0 Å². The average Bonchev–Trinajstić information content (AvgIpc) is 2.33. The molecule has 3 heteroatoms. The van der Waals surface area contributed by atoms with Crippen molar-refractivity contribution in [3.8, 4) is 0 Å². The molecule has 3 N–H and O–H groups in total. The van der Waals surface area contributed by atoms with Crippen molar-refractivity contribution in [3.05, 3.63) is 0 Å². The van der Waals surface area contributed by atoms with E-state index in [9.17, 15) is 0 Å². The van der Waals surface area contributed by atoms with Crippen LogP contribution in [0.5, 0.6) is 0 Å². The first-order chi connectivity index (χ1) is 8.35. The molecule has 0 aliphatic heterocycles. The minimum Gasteiger partial charge on any atom is -0.379 e. The zero-order chi connectivity index (χ0) is 12.1. The van der Waals surface area contributed by atoms with Crippen molar-refractivity contribution in [2.45, 2.75) is 69.9 Å². The summed E-state index contributed by atoms with van der Waals surface area (Å²) >= 11 is 0. The highest BCUT2D eigenvalue weighted by Crippen LogP contribution is 2.35. The average molecular weight is 240 g/mol. The van der Waals surface area contributed by atoms with Gasteiger partial charge < -0.3 is 4.74 Å². The second-order valence-electron chi connectivity index (χ2n) is 5.90. The minimum absolute atomic E-state index is 0.320. The maximum Gasteiger partial charge on any atom is 0.0765 e. The Morgan fingerprint density at radius 2 is 1.82 bits per heavy atom. The Bertz CT molecular complexity index is 212. The van der Waals surface area contributed by atoms with E-state index in [1.54, 1.807) is 0 Å². The molecule has 0 radical (unpaired) electrons. The lowest BCUT2D eigenvalue weighted by molar-refractivity contribution is -0.00140. The first kappa shape index (κ1) is 13.3. The molecule has 0 saturated heterocycles. The largest absolute Gasteiger partial charge is 0.379 e. The Kier molecular flexibility index (Phi) is 5.26. The first-order valence-electron chi connectivity index (χ1n) is 7.34. The molecule has 0 amide bonds. The molecule has 2 aliphatic rings. The smallest absolute Gasteiger partial charge is 0.0765 e. The molecule has 17 heavy (non-hydrogen) atoms. The van der Waals surface area contributed by atoms with Gasteiger partial charge in [0.2, 0.25) is 0 Å². The molecule has 2 aliphatic carbocycles. The fraction of sp³-hybridized carbons (Fsp3) is 1.00. The van der Waals surface area contributed by atoms with Crippen molar-refractivity contribution in [1.29, 1.82) is 0 Å². The standard InChI is InChI=1S/C14H28N2O/c1-17-14(12-8-3-2-4-9-12)13(16-15)10-11-6-5-7-11/h11-14,16H,2-10,15H2,1H3. The van der Waals surface area contributed by atoms with Crippen LogP contribution in [-0.2, 0) is 4.74 Å². The topological polar surface area (TPSA) is 47.3 Å². The monoisotopic (exact) mass is 240 g/mol. The number of methoxy groups -OCH3 is 1. The molecule has 2 atom stereocenters. The Balaban J connectivity index is 1.87. The molecule has 0 aromatic carbocycles. The van der Waals surface area contributed by atoms with E-state index in [0.29, 0.717) is 12.1 Å². The van der Waals surface area contributed by atoms with Gasteiger partial charge in [-0.1, -0.05) is 38.5 Å². The van der Waals surface area contributed by atoms with Gasteiger partial charge in [-0.05, 0) is 31.1 Å². The van der Waals surface area contributed by atoms with E-state index in [1.165, 1.54) is 57.8 Å². The molecule has 0 spiro atoms. The van der Waals surface area contributed by atoms with Gasteiger partial charge in [0, 0.05) is 13.2 Å². The van der Waals surface area contributed by atoms with Gasteiger partial charge in [-0.15, -0.1) is 0 Å². The molecule has 0 aromatic heterocycles. The fourth-order valence-corrected chi connectivity index (χ4v) is 3.53. The third-order valence-corrected chi connectivity index (χ3v) is 4.81. The summed E-state index contributed by atoms with van der Waals surface area (Å²) in [6.45, 7) is 0. The molecular weight excluding hydrogens is 212 g/mol. The van der Waals surface area contributed by atoms with E-state index < -0.39 is 0 Å². The van der Waals surface area contributed by atoms with Gasteiger partial charge in [-0.3, -0.25) is 11.3 Å². The number of hydrogen-bond acceptors (Lipinski definition) is 3. The van der Waals surface area contributed by atoms with Crippen molar-refractivity contribution in [1.82, 2.24) is 5.43 Å². The highest BCUT2D eigenvalue weighted by atomic mass is 16.5. The zero-order valence-corrected chi connectivity index (χ0v) is 11.2. The quantitative estimate of drug-likeness (QED) is 0.554. The predicted molar refractivity (Wildman–Crippen MR) is 70.4 cm³/mol. The van der Waals surface area contributed by atoms with Gasteiger partial charge in [0.05, 0.1) is 6.10 Å². The van der Waals surface area contributed by atoms with Gasteiger partial charge in [0.1, 0.15) is 0 Å². The molecule has 3 nitrogen and oxygen atoms in total. The second kappa shape index (κ2) is 6.72. The van der Waals surface area contributed by atoms with Crippen LogP contribution in [0.15, 0.2) is 0 Å². The van der Waals surface area contributed by atoms with E-state index in [-0.39, 0.29) is 0 Å². The molecule has 0 bridgehead atoms. The molecule has 100 valence electrons. The number of hydrazine groups is 1. The highest BCUT2D eigenvalue weighted by Gasteiger charge is 2.32. The van der Waals surface area contributed by atoms with Crippen molar-refractivity contribution < 1.29 is 4.74 Å². The van der Waals surface area contributed by atoms with Crippen molar-refractivity contribution in [3.63, 3.8) is 0 Å². The van der Waals surface area contributed by atoms with Gasteiger partial charge in [-0.25, -0.2) is 0 Å². The van der Waals surface area contributed by atoms with Crippen LogP contribution in [-0.4, -0.2) is 19.3 Å². The zero-order valence-electron chi connectivity index (χ0n) is 11.2. The predicted octanol–water partition coefficient (Wildman–Crippen LogP) is 2.60. The normalized spacial score (nSPS) is 26.5. The van der Waals surface area contributed by atoms with Crippen molar-refractivity contribution >= 4 is 0 Å². The molecule has 2 saturated carbocycles. The number of nitrogens with one attached hydrogen (secondary N) is 1. The summed E-state index contributed by atoms with van der Waals surface area (Å²) < 4.78 is 5.77. The molecule has 2 unspecified atom stereocenters. The Morgan fingerprint density at radius 3 is 2.29 bits per heavy atom. The maximum absolute atomic E-state index is 5.77. The lowest BCUT2D eigenvalue weighted by atomic mass is 9.76. The number of rotatable bonds is 6. The van der Waals surface area contributed by atoms with E-state index in [4.69, 9.17) is 10.6 Å². The molecule has 0 aromatic rings. The van der Waals surface area contributed by atoms with Crippen LogP contribution in [0, 0.1) is 11.8 Å². The number of hydrogen-bond donors (Lipinski definition) is 2. The Hall–Kier alpha value is -0.120. The van der Waals surface area contributed by atoms with Crippen LogP contribution < -0.4 is 11.3 Å². The van der Waals surface area contributed by atoms with E-state index in [2.05, 4.69) is 5.43 Å². The van der Waals surface area contributed by atoms with Crippen LogP contribution in [0.25, 0.3) is 0 Å². The lowest BCUT2D eigenvalue weighted by Crippen LogP contribution is -2.49. The highest BCUT2D eigenvalue weighted by molar-refractivity contribution is 4.86. The van der Waals surface area contributed by atoms with E-state index >= 15 is 0 Å². The number of ether oxygens (including phenoxy) is 1. The van der Waals surface area contributed by atoms with Gasteiger partial charge in [0.15, 0.2) is 0 Å². The molecule has 2 fully saturated rings. The lowest BCUT2D eigenvalue weighted by Gasteiger charge is -2.37. The van der Waals surface area contributed by atoms with Crippen LogP contribution >= 0.6 is 0 Å². The summed E-state index contributed by atoms with van der Waals surface area (Å²) in [4.78, 5) is 0. The minimum atomic E-state index is 0.320. The van der Waals surface area contributed by atoms with E-state index in [0.717, 1.165) is 11.8 Å². The third-order valence-electron chi connectivity index (χ3n) is 4.81. The Morgan fingerprint density at radius 1 is 1.12 bits per heavy atom. The summed E-state index contributed by atoms with van der Waals surface area (Å²) in [5.74, 6) is 7.36. The summed E-state index contributed by atoms with van der Waals surface area (Å²) in [5, 5.41) is 0. The summed E-state index contributed by atoms with van der Waals surface area (Å²) in [6, 6.07) is 0.355. The maximum atomic E-state index is 5.77. The second-order valence-corrected chi connectivity index (χ2v) is 5.90. The molecular formula is C14H28N2O. The Labute approximate surface area is 105 Å². The summed E-state index contributed by atoms with van der Waals surface area (Å²) in [7, 11) is 1.85. The van der Waals surface area contributed by atoms with Gasteiger partial charge in [-0.2, -0.15) is 0 Å². The van der Waals surface area contributed by atoms with Gasteiger partial charge >= 0.3 is 0 Å². The SMILES string of the molecule is COC(C1CCCCC1)C(CC1CCC1)NN. The van der Waals surface area contributed by atoms with Crippen molar-refractivity contribution in [2.75, 3.05) is 7.11 Å². The number of nitrogens with two attached hydrogens (primary N) is 1. The summed E-state index contributed by atoms with van der Waals surface area (Å²) in [6.07, 6.45) is 12.5. The van der Waals surface area contributed by atoms with Crippen LogP contribution in [0.3, 0.4) is 0 Å². The van der Waals surface area contributed by atoms with Gasteiger partial charge in [0.25, 0.3) is 0 Å². The molecule has 2 rings (SSSR count). The molecule has 0 heterocycles. The third kappa shape index (κ3) is 3.43. The summed E-state index contributed by atoms with van der Waals surface area (Å²) in [5.41, 5.74) is 3.02. The van der Waals surface area contributed by atoms with Crippen LogP contribution in [0.1, 0.15) is 57.8 Å². The first-order valence-corrected chi connectivity index (χ1v) is 7.34. The van der Waals surface area contributed by atoms with Crippen LogP contribution in [0.2, 0.25) is 0 Å².